The Morgan fingerprint density at radius 3 is 1.78 bits per heavy atom. The summed E-state index contributed by atoms with van der Waals surface area (Å²) in [7, 11) is 0. The second kappa shape index (κ2) is 15.7. The van der Waals surface area contributed by atoms with Crippen LogP contribution in [0.5, 0.6) is 0 Å². The summed E-state index contributed by atoms with van der Waals surface area (Å²) in [6.45, 7) is 9.50. The van der Waals surface area contributed by atoms with Gasteiger partial charge >= 0.3 is 0 Å². The first-order chi connectivity index (χ1) is 4.33. The van der Waals surface area contributed by atoms with Crippen LogP contribution in [-0.4, -0.2) is 19.4 Å². The smallest absolute Gasteiger partial charge is 0.142 e. The molecule has 1 N–H and O–H groups in total. The Kier molecular flexibility index (Phi) is 19.5. The molecule has 0 fully saturated rings. The van der Waals surface area contributed by atoms with Gasteiger partial charge in [0, 0.05) is 0 Å². The standard InChI is InChI=1S/C4H11N.C3H4O/c1-3-5-4-2;1-2-3-4/h5H,3-4H2,1-2H3;2-3H,1H2. The Morgan fingerprint density at radius 2 is 1.78 bits per heavy atom. The van der Waals surface area contributed by atoms with Crippen LogP contribution in [0.3, 0.4) is 0 Å². The molecular weight excluding hydrogens is 114 g/mol. The number of carbonyl (C=O) groups is 1. The summed E-state index contributed by atoms with van der Waals surface area (Å²) in [5.74, 6) is 0. The highest BCUT2D eigenvalue weighted by molar-refractivity contribution is 5.63. The molecule has 2 heteroatoms. The van der Waals surface area contributed by atoms with Crippen molar-refractivity contribution in [1.29, 1.82) is 0 Å². The van der Waals surface area contributed by atoms with Crippen molar-refractivity contribution < 1.29 is 4.79 Å². The van der Waals surface area contributed by atoms with Gasteiger partial charge in [-0.15, -0.1) is 0 Å². The van der Waals surface area contributed by atoms with Crippen molar-refractivity contribution in [2.45, 2.75) is 13.8 Å². The summed E-state index contributed by atoms with van der Waals surface area (Å²) >= 11 is 0. The second-order valence-electron chi connectivity index (χ2n) is 1.33. The molecule has 9 heavy (non-hydrogen) atoms. The van der Waals surface area contributed by atoms with Gasteiger partial charge in [0.1, 0.15) is 6.29 Å². The summed E-state index contributed by atoms with van der Waals surface area (Å²) < 4.78 is 0. The number of hydrogen-bond donors (Lipinski definition) is 1. The first-order valence-corrected chi connectivity index (χ1v) is 3.10. The maximum atomic E-state index is 9.06. The summed E-state index contributed by atoms with van der Waals surface area (Å²) in [5.41, 5.74) is 0. The Hall–Kier alpha value is -0.630. The number of carbonyl (C=O) groups excluding carboxylic acids is 1. The van der Waals surface area contributed by atoms with Gasteiger partial charge < -0.3 is 5.32 Å². The summed E-state index contributed by atoms with van der Waals surface area (Å²) in [5, 5.41) is 3.11. The van der Waals surface area contributed by atoms with Crippen LogP contribution in [0, 0.1) is 0 Å². The van der Waals surface area contributed by atoms with Crippen LogP contribution in [-0.2, 0) is 4.79 Å². The molecule has 0 aromatic rings. The Morgan fingerprint density at radius 1 is 1.44 bits per heavy atom. The molecule has 0 aromatic carbocycles. The monoisotopic (exact) mass is 129 g/mol. The molecule has 0 saturated carbocycles. The fourth-order valence-corrected chi connectivity index (χ4v) is 0.250. The number of nitrogens with one attached hydrogen (secondary N) is 1. The van der Waals surface area contributed by atoms with E-state index in [1.807, 2.05) is 0 Å². The molecule has 0 aliphatic heterocycles. The van der Waals surface area contributed by atoms with Crippen molar-refractivity contribution in [1.82, 2.24) is 5.32 Å². The van der Waals surface area contributed by atoms with E-state index in [0.29, 0.717) is 6.29 Å². The topological polar surface area (TPSA) is 29.1 Å². The molecule has 0 aromatic heterocycles. The lowest BCUT2D eigenvalue weighted by molar-refractivity contribution is -0.104. The average molecular weight is 129 g/mol. The van der Waals surface area contributed by atoms with Gasteiger partial charge in [-0.2, -0.15) is 0 Å². The lowest BCUT2D eigenvalue weighted by atomic mass is 10.7. The zero-order valence-electron chi connectivity index (χ0n) is 6.18. The van der Waals surface area contributed by atoms with Gasteiger partial charge in [0.25, 0.3) is 0 Å². The van der Waals surface area contributed by atoms with Gasteiger partial charge in [-0.1, -0.05) is 20.4 Å². The Bertz CT molecular complexity index is 53.9. The van der Waals surface area contributed by atoms with Gasteiger partial charge in [-0.3, -0.25) is 4.79 Å². The van der Waals surface area contributed by atoms with Crippen molar-refractivity contribution in [3.63, 3.8) is 0 Å². The zero-order valence-corrected chi connectivity index (χ0v) is 6.18. The van der Waals surface area contributed by atoms with Crippen molar-refractivity contribution >= 4 is 6.29 Å². The third kappa shape index (κ3) is 37.8. The molecule has 0 radical (unpaired) electrons. The van der Waals surface area contributed by atoms with Crippen LogP contribution < -0.4 is 5.32 Å². The number of aldehydes is 1. The van der Waals surface area contributed by atoms with Gasteiger partial charge in [0.05, 0.1) is 0 Å². The third-order valence-corrected chi connectivity index (χ3v) is 0.596. The van der Waals surface area contributed by atoms with Crippen molar-refractivity contribution in [3.8, 4) is 0 Å². The zero-order chi connectivity index (χ0) is 7.54. The quantitative estimate of drug-likeness (QED) is 0.454. The first kappa shape index (κ1) is 11.2. The van der Waals surface area contributed by atoms with Gasteiger partial charge in [-0.25, -0.2) is 0 Å². The van der Waals surface area contributed by atoms with E-state index in [0.717, 1.165) is 13.1 Å². The maximum absolute atomic E-state index is 9.06. The largest absolute Gasteiger partial charge is 0.317 e. The van der Waals surface area contributed by atoms with Crippen LogP contribution >= 0.6 is 0 Å². The van der Waals surface area contributed by atoms with Crippen LogP contribution in [0.2, 0.25) is 0 Å². The van der Waals surface area contributed by atoms with E-state index in [1.54, 1.807) is 0 Å². The highest BCUT2D eigenvalue weighted by Crippen LogP contribution is 1.47. The molecule has 0 aliphatic rings. The molecule has 2 nitrogen and oxygen atoms in total. The fourth-order valence-electron chi connectivity index (χ4n) is 0.250. The van der Waals surface area contributed by atoms with E-state index in [9.17, 15) is 0 Å². The van der Waals surface area contributed by atoms with Gasteiger partial charge in [0.15, 0.2) is 0 Å². The first-order valence-electron chi connectivity index (χ1n) is 3.10. The van der Waals surface area contributed by atoms with Crippen LogP contribution in [0.1, 0.15) is 13.8 Å². The Labute approximate surface area is 57.0 Å². The molecule has 0 aliphatic carbocycles. The molecule has 0 atom stereocenters. The molecule has 0 amide bonds. The highest BCUT2D eigenvalue weighted by atomic mass is 16.1. The molecule has 0 heterocycles. The molecule has 0 unspecified atom stereocenters. The maximum Gasteiger partial charge on any atom is 0.142 e. The van der Waals surface area contributed by atoms with Gasteiger partial charge in [0.2, 0.25) is 0 Å². The van der Waals surface area contributed by atoms with E-state index >= 15 is 0 Å². The fraction of sp³-hybridized carbons (Fsp3) is 0.571. The van der Waals surface area contributed by atoms with E-state index in [-0.39, 0.29) is 0 Å². The molecule has 0 rings (SSSR count). The predicted molar refractivity (Wildman–Crippen MR) is 40.5 cm³/mol. The minimum atomic E-state index is 0.639. The van der Waals surface area contributed by atoms with E-state index in [1.165, 1.54) is 6.08 Å². The molecule has 0 saturated heterocycles. The minimum Gasteiger partial charge on any atom is -0.317 e. The van der Waals surface area contributed by atoms with Crippen molar-refractivity contribution in [2.75, 3.05) is 13.1 Å². The average Bonchev–Trinajstić information content (AvgIpc) is 1.91. The van der Waals surface area contributed by atoms with Crippen molar-refractivity contribution in [2.24, 2.45) is 0 Å². The summed E-state index contributed by atoms with van der Waals surface area (Å²) in [6.07, 6.45) is 1.83. The Balaban J connectivity index is 0. The summed E-state index contributed by atoms with van der Waals surface area (Å²) in [4.78, 5) is 9.06. The van der Waals surface area contributed by atoms with Crippen molar-refractivity contribution in [3.05, 3.63) is 12.7 Å². The second-order valence-corrected chi connectivity index (χ2v) is 1.33. The molecule has 0 bridgehead atoms. The van der Waals surface area contributed by atoms with Crippen LogP contribution in [0.25, 0.3) is 0 Å². The molecule has 0 spiro atoms. The van der Waals surface area contributed by atoms with Crippen LogP contribution in [0.4, 0.5) is 0 Å². The number of rotatable bonds is 3. The summed E-state index contributed by atoms with van der Waals surface area (Å²) in [6, 6.07) is 0. The van der Waals surface area contributed by atoms with Gasteiger partial charge in [-0.05, 0) is 19.2 Å². The SMILES string of the molecule is C=CC=O.CCNCC. The third-order valence-electron chi connectivity index (χ3n) is 0.596. The molecule has 54 valence electrons. The predicted octanol–water partition coefficient (Wildman–Crippen LogP) is 0.987. The lowest BCUT2D eigenvalue weighted by Crippen LogP contribution is -2.09. The molecular formula is C7H15NO. The van der Waals surface area contributed by atoms with E-state index in [4.69, 9.17) is 4.79 Å². The number of hydrogen-bond acceptors (Lipinski definition) is 2. The highest BCUT2D eigenvalue weighted by Gasteiger charge is 1.62. The normalized spacial score (nSPS) is 6.89. The van der Waals surface area contributed by atoms with Crippen LogP contribution in [0.15, 0.2) is 12.7 Å². The lowest BCUT2D eigenvalue weighted by Gasteiger charge is -1.86. The van der Waals surface area contributed by atoms with E-state index < -0.39 is 0 Å². The minimum absolute atomic E-state index is 0.639. The number of allylic oxidation sites excluding steroid dienone is 1. The van der Waals surface area contributed by atoms with E-state index in [2.05, 4.69) is 25.7 Å².